The van der Waals surface area contributed by atoms with E-state index in [2.05, 4.69) is 10.3 Å². The van der Waals surface area contributed by atoms with Gasteiger partial charge in [0.15, 0.2) is 5.82 Å². The summed E-state index contributed by atoms with van der Waals surface area (Å²) in [5.74, 6) is 1.12. The summed E-state index contributed by atoms with van der Waals surface area (Å²) in [6.07, 6.45) is 1.53. The maximum absolute atomic E-state index is 8.90. The van der Waals surface area contributed by atoms with Gasteiger partial charge in [-0.15, -0.1) is 0 Å². The van der Waals surface area contributed by atoms with E-state index >= 15 is 0 Å². The molecule has 0 radical (unpaired) electrons. The number of nitrogen functional groups attached to an aromatic ring is 1. The Morgan fingerprint density at radius 1 is 1.33 bits per heavy atom. The minimum atomic E-state index is 0.325. The fourth-order valence-corrected chi connectivity index (χ4v) is 1.55. The van der Waals surface area contributed by atoms with Gasteiger partial charge in [0.05, 0.1) is 24.0 Å². The second kappa shape index (κ2) is 5.06. The third-order valence-electron chi connectivity index (χ3n) is 2.47. The van der Waals surface area contributed by atoms with Crippen LogP contribution in [0, 0.1) is 11.3 Å². The van der Waals surface area contributed by atoms with Crippen molar-refractivity contribution >= 4 is 17.2 Å². The molecule has 0 amide bonds. The van der Waals surface area contributed by atoms with Crippen LogP contribution in [-0.2, 0) is 0 Å². The van der Waals surface area contributed by atoms with Gasteiger partial charge in [-0.2, -0.15) is 5.26 Å². The molecule has 2 aromatic rings. The third-order valence-corrected chi connectivity index (χ3v) is 2.47. The minimum absolute atomic E-state index is 0.325. The topological polar surface area (TPSA) is 84.0 Å². The van der Waals surface area contributed by atoms with Crippen LogP contribution in [0.25, 0.3) is 0 Å². The van der Waals surface area contributed by atoms with Crippen LogP contribution in [0.4, 0.5) is 17.2 Å². The molecule has 90 valence electrons. The van der Waals surface area contributed by atoms with Crippen molar-refractivity contribution < 1.29 is 4.74 Å². The van der Waals surface area contributed by atoms with Crippen molar-refractivity contribution in [1.29, 1.82) is 5.26 Å². The van der Waals surface area contributed by atoms with E-state index in [1.807, 2.05) is 30.3 Å². The van der Waals surface area contributed by atoms with E-state index in [1.165, 1.54) is 6.20 Å². The van der Waals surface area contributed by atoms with Gasteiger partial charge in [-0.25, -0.2) is 4.98 Å². The fraction of sp³-hybridized carbons (Fsp3) is 0.0769. The van der Waals surface area contributed by atoms with Crippen LogP contribution in [0.2, 0.25) is 0 Å². The number of para-hydroxylation sites is 2. The standard InChI is InChI=1S/C13H12N4O/c1-18-11-5-3-2-4-10(11)17-13-12(15)9(8-14)6-7-16-13/h2-7H,15H2,1H3,(H,16,17). The number of benzene rings is 1. The zero-order valence-corrected chi connectivity index (χ0v) is 9.84. The highest BCUT2D eigenvalue weighted by atomic mass is 16.5. The van der Waals surface area contributed by atoms with Crippen molar-refractivity contribution in [2.45, 2.75) is 0 Å². The Bertz CT molecular complexity index is 604. The van der Waals surface area contributed by atoms with E-state index in [4.69, 9.17) is 15.7 Å². The number of nitriles is 1. The molecule has 0 fully saturated rings. The van der Waals surface area contributed by atoms with Gasteiger partial charge in [-0.1, -0.05) is 12.1 Å². The normalized spacial score (nSPS) is 9.56. The lowest BCUT2D eigenvalue weighted by molar-refractivity contribution is 0.417. The van der Waals surface area contributed by atoms with Gasteiger partial charge >= 0.3 is 0 Å². The van der Waals surface area contributed by atoms with Crippen molar-refractivity contribution in [1.82, 2.24) is 4.98 Å². The summed E-state index contributed by atoms with van der Waals surface area (Å²) in [5, 5.41) is 12.0. The molecular weight excluding hydrogens is 228 g/mol. The van der Waals surface area contributed by atoms with E-state index < -0.39 is 0 Å². The predicted octanol–water partition coefficient (Wildman–Crippen LogP) is 2.29. The molecule has 0 saturated heterocycles. The second-order valence-electron chi connectivity index (χ2n) is 3.56. The van der Waals surface area contributed by atoms with Crippen molar-refractivity contribution in [3.8, 4) is 11.8 Å². The summed E-state index contributed by atoms with van der Waals surface area (Å²) < 4.78 is 5.22. The average molecular weight is 240 g/mol. The van der Waals surface area contributed by atoms with Crippen LogP contribution in [0.1, 0.15) is 5.56 Å². The first-order valence-electron chi connectivity index (χ1n) is 5.31. The molecule has 5 nitrogen and oxygen atoms in total. The minimum Gasteiger partial charge on any atom is -0.495 e. The number of hydrogen-bond donors (Lipinski definition) is 2. The number of ether oxygens (including phenoxy) is 1. The summed E-state index contributed by atoms with van der Waals surface area (Å²) in [5.41, 5.74) is 7.31. The van der Waals surface area contributed by atoms with Gasteiger partial charge in [-0.3, -0.25) is 0 Å². The number of anilines is 3. The van der Waals surface area contributed by atoms with Crippen molar-refractivity contribution in [2.24, 2.45) is 0 Å². The molecule has 0 spiro atoms. The van der Waals surface area contributed by atoms with Gasteiger partial charge < -0.3 is 15.8 Å². The molecule has 0 bridgehead atoms. The maximum atomic E-state index is 8.90. The highest BCUT2D eigenvalue weighted by molar-refractivity contribution is 5.75. The zero-order chi connectivity index (χ0) is 13.0. The van der Waals surface area contributed by atoms with Gasteiger partial charge in [0.25, 0.3) is 0 Å². The Morgan fingerprint density at radius 3 is 2.83 bits per heavy atom. The predicted molar refractivity (Wildman–Crippen MR) is 69.6 cm³/mol. The van der Waals surface area contributed by atoms with Crippen molar-refractivity contribution in [2.75, 3.05) is 18.2 Å². The van der Waals surface area contributed by atoms with Crippen LogP contribution < -0.4 is 15.8 Å². The molecule has 18 heavy (non-hydrogen) atoms. The van der Waals surface area contributed by atoms with E-state index in [0.717, 1.165) is 5.69 Å². The number of nitrogens with two attached hydrogens (primary N) is 1. The lowest BCUT2D eigenvalue weighted by atomic mass is 10.2. The molecule has 1 aromatic heterocycles. The van der Waals surface area contributed by atoms with E-state index in [9.17, 15) is 0 Å². The highest BCUT2D eigenvalue weighted by Crippen LogP contribution is 2.29. The first-order valence-corrected chi connectivity index (χ1v) is 5.31. The zero-order valence-electron chi connectivity index (χ0n) is 9.84. The molecule has 2 rings (SSSR count). The molecule has 1 heterocycles. The summed E-state index contributed by atoms with van der Waals surface area (Å²) in [6.45, 7) is 0. The number of nitrogens with one attached hydrogen (secondary N) is 1. The van der Waals surface area contributed by atoms with Crippen molar-refractivity contribution in [3.63, 3.8) is 0 Å². The summed E-state index contributed by atoms with van der Waals surface area (Å²) in [6, 6.07) is 11.0. The average Bonchev–Trinajstić information content (AvgIpc) is 2.42. The lowest BCUT2D eigenvalue weighted by Gasteiger charge is -2.12. The second-order valence-corrected chi connectivity index (χ2v) is 3.56. The molecule has 0 saturated carbocycles. The Kier molecular flexibility index (Phi) is 3.30. The molecule has 0 aliphatic carbocycles. The largest absolute Gasteiger partial charge is 0.495 e. The summed E-state index contributed by atoms with van der Waals surface area (Å²) >= 11 is 0. The Morgan fingerprint density at radius 2 is 2.11 bits per heavy atom. The van der Waals surface area contributed by atoms with Gasteiger partial charge in [0.2, 0.25) is 0 Å². The highest BCUT2D eigenvalue weighted by Gasteiger charge is 2.08. The first kappa shape index (κ1) is 11.7. The smallest absolute Gasteiger partial charge is 0.155 e. The summed E-state index contributed by atoms with van der Waals surface area (Å²) in [7, 11) is 1.59. The molecule has 0 aliphatic rings. The number of hydrogen-bond acceptors (Lipinski definition) is 5. The molecular formula is C13H12N4O. The Hall–Kier alpha value is -2.74. The van der Waals surface area contributed by atoms with E-state index in [1.54, 1.807) is 13.2 Å². The molecule has 3 N–H and O–H groups in total. The molecule has 5 heteroatoms. The van der Waals surface area contributed by atoms with Crippen LogP contribution in [0.5, 0.6) is 5.75 Å². The Labute approximate surface area is 105 Å². The number of aromatic nitrogens is 1. The first-order chi connectivity index (χ1) is 8.76. The quantitative estimate of drug-likeness (QED) is 0.859. The fourth-order valence-electron chi connectivity index (χ4n) is 1.55. The van der Waals surface area contributed by atoms with Crippen LogP contribution in [0.15, 0.2) is 36.5 Å². The van der Waals surface area contributed by atoms with E-state index in [-0.39, 0.29) is 0 Å². The lowest BCUT2D eigenvalue weighted by Crippen LogP contribution is -2.02. The molecule has 0 atom stereocenters. The molecule has 0 aliphatic heterocycles. The number of methoxy groups -OCH3 is 1. The van der Waals surface area contributed by atoms with Crippen molar-refractivity contribution in [3.05, 3.63) is 42.1 Å². The van der Waals surface area contributed by atoms with Crippen LogP contribution in [0.3, 0.4) is 0 Å². The summed E-state index contributed by atoms with van der Waals surface area (Å²) in [4.78, 5) is 4.11. The third kappa shape index (κ3) is 2.18. The number of rotatable bonds is 3. The van der Waals surface area contributed by atoms with Gasteiger partial charge in [0, 0.05) is 6.20 Å². The number of pyridine rings is 1. The van der Waals surface area contributed by atoms with E-state index in [0.29, 0.717) is 22.8 Å². The monoisotopic (exact) mass is 240 g/mol. The van der Waals surface area contributed by atoms with Crippen LogP contribution >= 0.6 is 0 Å². The Balaban J connectivity index is 2.38. The maximum Gasteiger partial charge on any atom is 0.155 e. The SMILES string of the molecule is COc1ccccc1Nc1nccc(C#N)c1N. The van der Waals surface area contributed by atoms with Gasteiger partial charge in [-0.05, 0) is 18.2 Å². The van der Waals surface area contributed by atoms with Crippen LogP contribution in [-0.4, -0.2) is 12.1 Å². The van der Waals surface area contributed by atoms with Gasteiger partial charge in [0.1, 0.15) is 11.8 Å². The molecule has 0 unspecified atom stereocenters. The molecule has 1 aromatic carbocycles. The number of nitrogens with zero attached hydrogens (tertiary/aromatic N) is 2.